The summed E-state index contributed by atoms with van der Waals surface area (Å²) in [5, 5.41) is 8.11. The topological polar surface area (TPSA) is 74.3 Å². The summed E-state index contributed by atoms with van der Waals surface area (Å²) in [6.07, 6.45) is 3.59. The lowest BCUT2D eigenvalue weighted by molar-refractivity contribution is -0.137. The van der Waals surface area contributed by atoms with Gasteiger partial charge in [-0.1, -0.05) is 18.2 Å². The molecule has 0 bridgehead atoms. The van der Waals surface area contributed by atoms with E-state index in [1.54, 1.807) is 16.8 Å². The molecule has 2 aromatic rings. The number of nitrogens with zero attached hydrogens (tertiary/aromatic N) is 2. The molecular formula is C20H22N4O2S. The molecule has 3 aliphatic heterocycles. The molecule has 2 fully saturated rings. The van der Waals surface area contributed by atoms with E-state index >= 15 is 0 Å². The molecule has 0 radical (unpaired) electrons. The number of thiazole rings is 1. The van der Waals surface area contributed by atoms with Gasteiger partial charge in [-0.3, -0.25) is 14.5 Å². The maximum Gasteiger partial charge on any atom is 0.250 e. The van der Waals surface area contributed by atoms with Crippen molar-refractivity contribution in [3.63, 3.8) is 0 Å². The Morgan fingerprint density at radius 2 is 2.30 bits per heavy atom. The minimum atomic E-state index is -0.859. The van der Waals surface area contributed by atoms with Crippen molar-refractivity contribution in [3.8, 4) is 0 Å². The molecular weight excluding hydrogens is 360 g/mol. The van der Waals surface area contributed by atoms with Gasteiger partial charge in [0, 0.05) is 35.6 Å². The third-order valence-electron chi connectivity index (χ3n) is 6.25. The third-order valence-corrected chi connectivity index (χ3v) is 6.89. The zero-order valence-electron chi connectivity index (χ0n) is 15.0. The summed E-state index contributed by atoms with van der Waals surface area (Å²) in [6.45, 7) is 1.41. The van der Waals surface area contributed by atoms with E-state index in [1.165, 1.54) is 0 Å². The van der Waals surface area contributed by atoms with Crippen molar-refractivity contribution in [3.05, 3.63) is 46.4 Å². The van der Waals surface area contributed by atoms with Gasteiger partial charge in [0.15, 0.2) is 0 Å². The Labute approximate surface area is 162 Å². The maximum absolute atomic E-state index is 13.2. The average molecular weight is 382 g/mol. The first-order chi connectivity index (χ1) is 13.2. The fraction of sp³-hybridized carbons (Fsp3) is 0.450. The Morgan fingerprint density at radius 1 is 1.41 bits per heavy atom. The molecule has 3 atom stereocenters. The molecule has 1 spiro atoms. The average Bonchev–Trinajstić information content (AvgIpc) is 3.42. The number of fused-ring (bicyclic) bond motifs is 4. The summed E-state index contributed by atoms with van der Waals surface area (Å²) in [7, 11) is 0. The number of rotatable bonds is 4. The van der Waals surface area contributed by atoms with E-state index in [0.717, 1.165) is 42.8 Å². The van der Waals surface area contributed by atoms with Gasteiger partial charge >= 0.3 is 0 Å². The number of nitrogens with one attached hydrogen (secondary N) is 2. The quantitative estimate of drug-likeness (QED) is 0.850. The summed E-state index contributed by atoms with van der Waals surface area (Å²) in [5.41, 5.74) is 3.74. The van der Waals surface area contributed by atoms with Crippen LogP contribution in [0.25, 0.3) is 0 Å². The molecule has 0 aliphatic carbocycles. The molecule has 2 amide bonds. The number of carbonyl (C=O) groups is 2. The van der Waals surface area contributed by atoms with Gasteiger partial charge in [-0.15, -0.1) is 11.3 Å². The van der Waals surface area contributed by atoms with Crippen LogP contribution in [0.5, 0.6) is 0 Å². The molecule has 27 heavy (non-hydrogen) atoms. The van der Waals surface area contributed by atoms with Crippen LogP contribution in [0, 0.1) is 5.92 Å². The minimum absolute atomic E-state index is 0.0218. The number of aromatic nitrogens is 1. The van der Waals surface area contributed by atoms with Crippen LogP contribution in [-0.4, -0.2) is 40.8 Å². The third kappa shape index (κ3) is 2.45. The molecule has 3 aliphatic rings. The Bertz CT molecular complexity index is 884. The van der Waals surface area contributed by atoms with E-state index in [1.807, 2.05) is 29.6 Å². The van der Waals surface area contributed by atoms with Gasteiger partial charge in [0.1, 0.15) is 5.54 Å². The Kier molecular flexibility index (Phi) is 4.02. The van der Waals surface area contributed by atoms with Gasteiger partial charge in [-0.05, 0) is 31.9 Å². The fourth-order valence-electron chi connectivity index (χ4n) is 5.18. The van der Waals surface area contributed by atoms with Crippen molar-refractivity contribution in [2.24, 2.45) is 5.92 Å². The summed E-state index contributed by atoms with van der Waals surface area (Å²) in [4.78, 5) is 33.0. The number of hydrogen-bond donors (Lipinski definition) is 2. The second kappa shape index (κ2) is 6.42. The van der Waals surface area contributed by atoms with Gasteiger partial charge in [-0.2, -0.15) is 0 Å². The molecule has 0 saturated carbocycles. The molecule has 4 heterocycles. The first-order valence-corrected chi connectivity index (χ1v) is 10.5. The van der Waals surface area contributed by atoms with Crippen LogP contribution in [0.4, 0.5) is 5.69 Å². The lowest BCUT2D eigenvalue weighted by Gasteiger charge is -2.36. The first kappa shape index (κ1) is 16.9. The largest absolute Gasteiger partial charge is 0.355 e. The first-order valence-electron chi connectivity index (χ1n) is 9.53. The van der Waals surface area contributed by atoms with Gasteiger partial charge in [-0.25, -0.2) is 4.98 Å². The standard InChI is InChI=1S/C20H22N4O2S/c25-18(21-8-7-13-11-27-12-22-13)16-10-14-4-3-9-24(14)20(16)15-5-1-2-6-17(15)23-19(20)26/h1-2,5-6,11-12,14,16H,3-4,7-10H2,(H,21,25)(H,23,26)/t14-,16-,20+/m1/s1. The van der Waals surface area contributed by atoms with E-state index in [-0.39, 0.29) is 17.7 Å². The molecule has 140 valence electrons. The molecule has 2 saturated heterocycles. The van der Waals surface area contributed by atoms with Crippen molar-refractivity contribution >= 4 is 28.8 Å². The number of para-hydroxylation sites is 1. The number of anilines is 1. The maximum atomic E-state index is 13.2. The number of benzene rings is 1. The summed E-state index contributed by atoms with van der Waals surface area (Å²) in [5.74, 6) is -0.430. The highest BCUT2D eigenvalue weighted by atomic mass is 32.1. The van der Waals surface area contributed by atoms with E-state index < -0.39 is 5.54 Å². The van der Waals surface area contributed by atoms with Gasteiger partial charge in [0.2, 0.25) is 11.8 Å². The highest BCUT2D eigenvalue weighted by Crippen LogP contribution is 2.55. The van der Waals surface area contributed by atoms with Crippen molar-refractivity contribution < 1.29 is 9.59 Å². The lowest BCUT2D eigenvalue weighted by Crippen LogP contribution is -2.54. The zero-order valence-corrected chi connectivity index (χ0v) is 15.8. The Balaban J connectivity index is 1.44. The number of amides is 2. The molecule has 5 rings (SSSR count). The minimum Gasteiger partial charge on any atom is -0.355 e. The highest BCUT2D eigenvalue weighted by Gasteiger charge is 2.65. The smallest absolute Gasteiger partial charge is 0.250 e. The van der Waals surface area contributed by atoms with Crippen LogP contribution in [0.2, 0.25) is 0 Å². The van der Waals surface area contributed by atoms with Gasteiger partial charge in [0.05, 0.1) is 17.1 Å². The SMILES string of the molecule is O=C(NCCc1cscn1)[C@H]1C[C@H]2CCCN2[C@]12C(=O)Nc1ccccc12. The van der Waals surface area contributed by atoms with Crippen LogP contribution in [-0.2, 0) is 21.5 Å². The van der Waals surface area contributed by atoms with Gasteiger partial charge < -0.3 is 10.6 Å². The van der Waals surface area contributed by atoms with Crippen molar-refractivity contribution in [1.29, 1.82) is 0 Å². The predicted molar refractivity (Wildman–Crippen MR) is 103 cm³/mol. The predicted octanol–water partition coefficient (Wildman–Crippen LogP) is 2.13. The highest BCUT2D eigenvalue weighted by molar-refractivity contribution is 7.07. The monoisotopic (exact) mass is 382 g/mol. The summed E-state index contributed by atoms with van der Waals surface area (Å²) < 4.78 is 0. The van der Waals surface area contributed by atoms with E-state index in [9.17, 15) is 9.59 Å². The summed E-state index contributed by atoms with van der Waals surface area (Å²) in [6, 6.07) is 8.13. The molecule has 0 unspecified atom stereocenters. The number of carbonyl (C=O) groups excluding carboxylic acids is 2. The fourth-order valence-corrected chi connectivity index (χ4v) is 5.77. The molecule has 7 heteroatoms. The van der Waals surface area contributed by atoms with Crippen LogP contribution in [0.15, 0.2) is 35.2 Å². The Hall–Kier alpha value is -2.25. The summed E-state index contributed by atoms with van der Waals surface area (Å²) >= 11 is 1.56. The van der Waals surface area contributed by atoms with Crippen molar-refractivity contribution in [2.75, 3.05) is 18.4 Å². The molecule has 2 N–H and O–H groups in total. The second-order valence-corrected chi connectivity index (χ2v) is 8.28. The Morgan fingerprint density at radius 3 is 3.15 bits per heavy atom. The molecule has 6 nitrogen and oxygen atoms in total. The van der Waals surface area contributed by atoms with Crippen LogP contribution < -0.4 is 10.6 Å². The molecule has 1 aromatic carbocycles. The van der Waals surface area contributed by atoms with Gasteiger partial charge in [0.25, 0.3) is 0 Å². The van der Waals surface area contributed by atoms with E-state index in [2.05, 4.69) is 20.5 Å². The zero-order chi connectivity index (χ0) is 18.4. The van der Waals surface area contributed by atoms with E-state index in [4.69, 9.17) is 0 Å². The number of hydrogen-bond acceptors (Lipinski definition) is 5. The normalized spacial score (nSPS) is 29.0. The van der Waals surface area contributed by atoms with Crippen LogP contribution in [0.1, 0.15) is 30.5 Å². The second-order valence-electron chi connectivity index (χ2n) is 7.56. The van der Waals surface area contributed by atoms with Crippen LogP contribution >= 0.6 is 11.3 Å². The van der Waals surface area contributed by atoms with Crippen LogP contribution in [0.3, 0.4) is 0 Å². The lowest BCUT2D eigenvalue weighted by atomic mass is 9.78. The van der Waals surface area contributed by atoms with Crippen molar-refractivity contribution in [1.82, 2.24) is 15.2 Å². The van der Waals surface area contributed by atoms with E-state index in [0.29, 0.717) is 19.0 Å². The van der Waals surface area contributed by atoms with Crippen molar-refractivity contribution in [2.45, 2.75) is 37.3 Å². The molecule has 1 aromatic heterocycles.